The molecule has 0 atom stereocenters. The summed E-state index contributed by atoms with van der Waals surface area (Å²) in [5.74, 6) is 0.717. The first-order valence-corrected chi connectivity index (χ1v) is 8.31. The molecule has 0 unspecified atom stereocenters. The Balaban J connectivity index is 2.29. The molecule has 0 amide bonds. The van der Waals surface area contributed by atoms with E-state index in [-0.39, 0.29) is 10.6 Å². The van der Waals surface area contributed by atoms with Gasteiger partial charge in [0.25, 0.3) is 0 Å². The normalized spacial score (nSPS) is 11.7. The summed E-state index contributed by atoms with van der Waals surface area (Å²) in [5, 5.41) is 0. The molecule has 1 aromatic heterocycles. The molecule has 102 valence electrons. The van der Waals surface area contributed by atoms with E-state index in [0.717, 1.165) is 15.1 Å². The fraction of sp³-hybridized carbons (Fsp3) is 0.200. The minimum atomic E-state index is -3.52. The highest BCUT2D eigenvalue weighted by molar-refractivity contribution is 8.01. The zero-order valence-electron chi connectivity index (χ0n) is 10.2. The summed E-state index contributed by atoms with van der Waals surface area (Å²) in [6, 6.07) is 4.80. The Labute approximate surface area is 119 Å². The summed E-state index contributed by atoms with van der Waals surface area (Å²) in [4.78, 5) is 5.12. The minimum Gasteiger partial charge on any atom is -0.398 e. The molecule has 19 heavy (non-hydrogen) atoms. The van der Waals surface area contributed by atoms with Gasteiger partial charge in [-0.1, -0.05) is 11.8 Å². The van der Waals surface area contributed by atoms with Crippen LogP contribution in [0.25, 0.3) is 0 Å². The van der Waals surface area contributed by atoms with Crippen molar-refractivity contribution < 1.29 is 8.42 Å². The summed E-state index contributed by atoms with van der Waals surface area (Å²) in [6.07, 6.45) is 0. The molecule has 0 spiro atoms. The van der Waals surface area contributed by atoms with E-state index in [2.05, 4.69) is 14.1 Å². The first kappa shape index (κ1) is 14.3. The van der Waals surface area contributed by atoms with Crippen molar-refractivity contribution in [3.05, 3.63) is 24.0 Å². The van der Waals surface area contributed by atoms with Gasteiger partial charge in [0.1, 0.15) is 10.7 Å². The Morgan fingerprint density at radius 2 is 2.16 bits per heavy atom. The molecule has 0 saturated carbocycles. The number of nitrogens with one attached hydrogen (secondary N) is 1. The van der Waals surface area contributed by atoms with Crippen LogP contribution in [0.2, 0.25) is 0 Å². The van der Waals surface area contributed by atoms with Gasteiger partial charge in [-0.3, -0.25) is 0 Å². The highest BCUT2D eigenvalue weighted by atomic mass is 32.2. The zero-order valence-corrected chi connectivity index (χ0v) is 12.7. The van der Waals surface area contributed by atoms with Gasteiger partial charge in [0.15, 0.2) is 4.34 Å². The quantitative estimate of drug-likeness (QED) is 0.829. The van der Waals surface area contributed by atoms with E-state index in [1.54, 1.807) is 12.1 Å². The Kier molecular flexibility index (Phi) is 4.09. The van der Waals surface area contributed by atoms with E-state index in [1.807, 2.05) is 6.92 Å². The van der Waals surface area contributed by atoms with Crippen molar-refractivity contribution >= 4 is 39.0 Å². The standard InChI is InChI=1S/C10H12N4O2S3/c1-6-13-10(18-14-6)17-7-3-4-9(8(11)5-7)19(15,16)12-2/h3-5,12H,11H2,1-2H3. The summed E-state index contributed by atoms with van der Waals surface area (Å²) >= 11 is 2.69. The van der Waals surface area contributed by atoms with E-state index >= 15 is 0 Å². The topological polar surface area (TPSA) is 98.0 Å². The molecular formula is C10H12N4O2S3. The average Bonchev–Trinajstić information content (AvgIpc) is 2.74. The van der Waals surface area contributed by atoms with Crippen LogP contribution in [-0.2, 0) is 10.0 Å². The molecule has 0 radical (unpaired) electrons. The van der Waals surface area contributed by atoms with Crippen LogP contribution in [-0.4, -0.2) is 24.8 Å². The Morgan fingerprint density at radius 1 is 1.42 bits per heavy atom. The van der Waals surface area contributed by atoms with E-state index in [9.17, 15) is 8.42 Å². The first-order valence-electron chi connectivity index (χ1n) is 5.23. The highest BCUT2D eigenvalue weighted by Crippen LogP contribution is 2.32. The molecule has 0 aliphatic heterocycles. The van der Waals surface area contributed by atoms with Crippen LogP contribution < -0.4 is 10.5 Å². The molecule has 0 bridgehead atoms. The van der Waals surface area contributed by atoms with Crippen molar-refractivity contribution in [2.75, 3.05) is 12.8 Å². The number of hydrogen-bond donors (Lipinski definition) is 2. The predicted octanol–water partition coefficient (Wildman–Crippen LogP) is 1.49. The predicted molar refractivity (Wildman–Crippen MR) is 75.9 cm³/mol. The molecule has 1 heterocycles. The number of sulfonamides is 1. The molecule has 0 fully saturated rings. The fourth-order valence-corrected chi connectivity index (χ4v) is 3.88. The van der Waals surface area contributed by atoms with Crippen LogP contribution in [0.5, 0.6) is 0 Å². The second-order valence-corrected chi connectivity index (χ2v) is 7.54. The number of rotatable bonds is 4. The van der Waals surface area contributed by atoms with Gasteiger partial charge in [0, 0.05) is 4.90 Å². The van der Waals surface area contributed by atoms with Crippen LogP contribution in [0.1, 0.15) is 5.82 Å². The SMILES string of the molecule is CNS(=O)(=O)c1ccc(Sc2nc(C)ns2)cc1N. The summed E-state index contributed by atoms with van der Waals surface area (Å²) < 4.78 is 30.5. The smallest absolute Gasteiger partial charge is 0.242 e. The number of nitrogens with zero attached hydrogens (tertiary/aromatic N) is 2. The molecule has 2 rings (SSSR count). The van der Waals surface area contributed by atoms with Crippen LogP contribution in [0.15, 0.2) is 32.3 Å². The van der Waals surface area contributed by atoms with Crippen molar-refractivity contribution in [3.63, 3.8) is 0 Å². The molecule has 1 aromatic carbocycles. The fourth-order valence-electron chi connectivity index (χ4n) is 1.37. The number of benzene rings is 1. The Hall–Kier alpha value is -1.16. The Bertz CT molecular complexity index is 697. The molecule has 9 heteroatoms. The number of aromatic nitrogens is 2. The average molecular weight is 316 g/mol. The molecule has 0 aliphatic carbocycles. The number of anilines is 1. The lowest BCUT2D eigenvalue weighted by molar-refractivity contribution is 0.588. The molecule has 3 N–H and O–H groups in total. The van der Waals surface area contributed by atoms with Crippen molar-refractivity contribution in [1.82, 2.24) is 14.1 Å². The highest BCUT2D eigenvalue weighted by Gasteiger charge is 2.15. The maximum absolute atomic E-state index is 11.7. The maximum Gasteiger partial charge on any atom is 0.242 e. The third kappa shape index (κ3) is 3.24. The monoisotopic (exact) mass is 316 g/mol. The van der Waals surface area contributed by atoms with Gasteiger partial charge in [0.05, 0.1) is 5.69 Å². The number of aryl methyl sites for hydroxylation is 1. The maximum atomic E-state index is 11.7. The second-order valence-electron chi connectivity index (χ2n) is 3.62. The van der Waals surface area contributed by atoms with Crippen LogP contribution >= 0.6 is 23.3 Å². The molecule has 0 saturated heterocycles. The lowest BCUT2D eigenvalue weighted by Crippen LogP contribution is -2.19. The lowest BCUT2D eigenvalue weighted by Gasteiger charge is -2.07. The number of nitrogens with two attached hydrogens (primary N) is 1. The number of nitrogen functional groups attached to an aromatic ring is 1. The van der Waals surface area contributed by atoms with E-state index < -0.39 is 10.0 Å². The molecule has 0 aliphatic rings. The van der Waals surface area contributed by atoms with Crippen LogP contribution in [0.4, 0.5) is 5.69 Å². The van der Waals surface area contributed by atoms with Gasteiger partial charge in [-0.15, -0.1) is 0 Å². The van der Waals surface area contributed by atoms with Crippen molar-refractivity contribution in [3.8, 4) is 0 Å². The largest absolute Gasteiger partial charge is 0.398 e. The van der Waals surface area contributed by atoms with Gasteiger partial charge in [-0.2, -0.15) is 4.37 Å². The van der Waals surface area contributed by atoms with Crippen LogP contribution in [0, 0.1) is 6.92 Å². The summed E-state index contributed by atoms with van der Waals surface area (Å²) in [7, 11) is -2.18. The summed E-state index contributed by atoms with van der Waals surface area (Å²) in [6.45, 7) is 1.82. The van der Waals surface area contributed by atoms with Gasteiger partial charge < -0.3 is 5.73 Å². The third-order valence-electron chi connectivity index (χ3n) is 2.25. The Morgan fingerprint density at radius 3 is 2.68 bits per heavy atom. The van der Waals surface area contributed by atoms with E-state index in [4.69, 9.17) is 5.73 Å². The lowest BCUT2D eigenvalue weighted by atomic mass is 10.3. The van der Waals surface area contributed by atoms with Gasteiger partial charge in [0.2, 0.25) is 10.0 Å². The van der Waals surface area contributed by atoms with Gasteiger partial charge in [-0.25, -0.2) is 18.1 Å². The summed E-state index contributed by atoms with van der Waals surface area (Å²) in [5.41, 5.74) is 5.99. The first-order chi connectivity index (χ1) is 8.92. The second kappa shape index (κ2) is 5.45. The van der Waals surface area contributed by atoms with Crippen molar-refractivity contribution in [2.45, 2.75) is 21.1 Å². The molecular weight excluding hydrogens is 304 g/mol. The van der Waals surface area contributed by atoms with E-state index in [0.29, 0.717) is 0 Å². The zero-order chi connectivity index (χ0) is 14.0. The number of hydrogen-bond acceptors (Lipinski definition) is 7. The van der Waals surface area contributed by atoms with Crippen LogP contribution in [0.3, 0.4) is 0 Å². The molecule has 6 nitrogen and oxygen atoms in total. The van der Waals surface area contributed by atoms with Gasteiger partial charge in [-0.05, 0) is 43.7 Å². The molecule has 2 aromatic rings. The van der Waals surface area contributed by atoms with Crippen molar-refractivity contribution in [1.29, 1.82) is 0 Å². The minimum absolute atomic E-state index is 0.0767. The third-order valence-corrected chi connectivity index (χ3v) is 5.57. The van der Waals surface area contributed by atoms with Gasteiger partial charge >= 0.3 is 0 Å². The van der Waals surface area contributed by atoms with E-state index in [1.165, 1.54) is 36.4 Å². The van der Waals surface area contributed by atoms with Crippen molar-refractivity contribution in [2.24, 2.45) is 0 Å².